The minimum Gasteiger partial charge on any atom is -0.469 e. The predicted molar refractivity (Wildman–Crippen MR) is 74.2 cm³/mol. The summed E-state index contributed by atoms with van der Waals surface area (Å²) >= 11 is 0. The van der Waals surface area contributed by atoms with Crippen LogP contribution >= 0.6 is 0 Å². The van der Waals surface area contributed by atoms with Gasteiger partial charge in [0.2, 0.25) is 0 Å². The summed E-state index contributed by atoms with van der Waals surface area (Å²) in [6, 6.07) is 1.59. The van der Waals surface area contributed by atoms with Crippen molar-refractivity contribution in [1.29, 1.82) is 0 Å². The number of nitrogens with two attached hydrogens (primary N) is 1. The molecule has 1 aromatic rings. The number of hydrogen-bond donors (Lipinski definition) is 1. The fourth-order valence-corrected chi connectivity index (χ4v) is 1.56. The topological polar surface area (TPSA) is 165 Å². The van der Waals surface area contributed by atoms with Crippen LogP contribution < -0.4 is 5.73 Å². The second-order valence-electron chi connectivity index (χ2n) is 4.37. The smallest absolute Gasteiger partial charge is 0.323 e. The lowest BCUT2D eigenvalue weighted by molar-refractivity contribution is -0.394. The molecule has 23 heavy (non-hydrogen) atoms. The Hall–Kier alpha value is -3.08. The Bertz CT molecular complexity index is 613. The van der Waals surface area contributed by atoms with Crippen LogP contribution in [0.5, 0.6) is 0 Å². The number of methoxy groups -OCH3 is 1. The summed E-state index contributed by atoms with van der Waals surface area (Å²) in [6.07, 6.45) is -0.398. The van der Waals surface area contributed by atoms with Crippen molar-refractivity contribution >= 4 is 23.3 Å². The van der Waals surface area contributed by atoms with E-state index in [-0.39, 0.29) is 5.56 Å². The fourth-order valence-electron chi connectivity index (χ4n) is 1.56. The third-order valence-corrected chi connectivity index (χ3v) is 2.68. The molecule has 0 unspecified atom stereocenters. The Balaban J connectivity index is 2.80. The summed E-state index contributed by atoms with van der Waals surface area (Å²) in [6.45, 7) is -0.462. The van der Waals surface area contributed by atoms with Gasteiger partial charge < -0.3 is 15.2 Å². The number of nitrogens with zero attached hydrogens (tertiary/aromatic N) is 2. The average Bonchev–Trinajstić information content (AvgIpc) is 2.51. The molecule has 0 aromatic heterocycles. The zero-order valence-electron chi connectivity index (χ0n) is 12.0. The Morgan fingerprint density at radius 2 is 1.70 bits per heavy atom. The van der Waals surface area contributed by atoms with E-state index in [1.54, 1.807) is 0 Å². The molecular weight excluding hydrogens is 314 g/mol. The highest BCUT2D eigenvalue weighted by Gasteiger charge is 2.21. The summed E-state index contributed by atoms with van der Waals surface area (Å²) in [5.74, 6) is -1.65. The van der Waals surface area contributed by atoms with Gasteiger partial charge in [-0.1, -0.05) is 0 Å². The Labute approximate surface area is 129 Å². The normalized spacial score (nSPS) is 11.4. The number of nitro benzene ring substituents is 2. The fraction of sp³-hybridized carbons (Fsp3) is 0.333. The van der Waals surface area contributed by atoms with Crippen molar-refractivity contribution in [3.8, 4) is 0 Å². The molecule has 0 spiro atoms. The monoisotopic (exact) mass is 327 g/mol. The lowest BCUT2D eigenvalue weighted by Crippen LogP contribution is -2.34. The molecular formula is C12H13N3O8. The predicted octanol–water partition coefficient (Wildman–Crippen LogP) is 0.437. The number of carbonyl (C=O) groups is 2. The van der Waals surface area contributed by atoms with Gasteiger partial charge in [-0.3, -0.25) is 29.8 Å². The Morgan fingerprint density at radius 1 is 1.17 bits per heavy atom. The van der Waals surface area contributed by atoms with Crippen LogP contribution in [0.2, 0.25) is 0 Å². The van der Waals surface area contributed by atoms with E-state index in [0.717, 1.165) is 25.3 Å². The molecule has 11 nitrogen and oxygen atoms in total. The van der Waals surface area contributed by atoms with Gasteiger partial charge in [-0.15, -0.1) is 0 Å². The third kappa shape index (κ3) is 5.32. The minimum absolute atomic E-state index is 0.0459. The number of rotatable bonds is 7. The maximum absolute atomic E-state index is 11.6. The third-order valence-electron chi connectivity index (χ3n) is 2.68. The van der Waals surface area contributed by atoms with Gasteiger partial charge in [0.25, 0.3) is 11.4 Å². The Morgan fingerprint density at radius 3 is 2.13 bits per heavy atom. The first-order valence-corrected chi connectivity index (χ1v) is 6.16. The number of benzene rings is 1. The van der Waals surface area contributed by atoms with Crippen molar-refractivity contribution in [1.82, 2.24) is 0 Å². The zero-order chi connectivity index (χ0) is 17.6. The molecule has 0 amide bonds. The van der Waals surface area contributed by atoms with Gasteiger partial charge in [-0.05, 0) is 0 Å². The van der Waals surface area contributed by atoms with E-state index in [4.69, 9.17) is 10.5 Å². The summed E-state index contributed by atoms with van der Waals surface area (Å²) in [4.78, 5) is 42.4. The first-order valence-electron chi connectivity index (χ1n) is 6.16. The SMILES string of the molecule is COC(=O)C[C@H](N)C(=O)OCc1cc([N+](=O)[O-])cc([N+](=O)[O-])c1. The molecule has 0 radical (unpaired) electrons. The number of esters is 2. The van der Waals surface area contributed by atoms with Crippen LogP contribution in [0.1, 0.15) is 12.0 Å². The number of nitro groups is 2. The summed E-state index contributed by atoms with van der Waals surface area (Å²) in [5, 5.41) is 21.5. The van der Waals surface area contributed by atoms with Crippen molar-refractivity contribution in [2.75, 3.05) is 7.11 Å². The molecule has 2 N–H and O–H groups in total. The highest BCUT2D eigenvalue weighted by molar-refractivity contribution is 5.82. The number of carbonyl (C=O) groups excluding carboxylic acids is 2. The molecule has 0 heterocycles. The van der Waals surface area contributed by atoms with E-state index >= 15 is 0 Å². The Kier molecular flexibility index (Phi) is 6.09. The van der Waals surface area contributed by atoms with E-state index in [2.05, 4.69) is 4.74 Å². The summed E-state index contributed by atoms with van der Waals surface area (Å²) in [7, 11) is 1.13. The quantitative estimate of drug-likeness (QED) is 0.424. The molecule has 124 valence electrons. The van der Waals surface area contributed by atoms with Crippen molar-refractivity contribution in [3.05, 3.63) is 44.0 Å². The minimum atomic E-state index is -1.27. The zero-order valence-corrected chi connectivity index (χ0v) is 12.0. The second kappa shape index (κ2) is 7.79. The molecule has 0 bridgehead atoms. The standard InChI is InChI=1S/C12H13N3O8/c1-22-11(16)5-10(13)12(17)23-6-7-2-8(14(18)19)4-9(3-7)15(20)21/h2-4,10H,5-6,13H2,1H3/t10-/m0/s1. The van der Waals surface area contributed by atoms with Crippen molar-refractivity contribution in [2.24, 2.45) is 5.73 Å². The van der Waals surface area contributed by atoms with Gasteiger partial charge in [0.15, 0.2) is 0 Å². The van der Waals surface area contributed by atoms with Crippen LogP contribution in [-0.2, 0) is 25.7 Å². The average molecular weight is 327 g/mol. The first kappa shape index (κ1) is 18.0. The summed E-state index contributed by atoms with van der Waals surface area (Å²) in [5.41, 5.74) is 4.45. The maximum atomic E-state index is 11.6. The molecule has 1 atom stereocenters. The van der Waals surface area contributed by atoms with Crippen molar-refractivity contribution in [2.45, 2.75) is 19.1 Å². The van der Waals surface area contributed by atoms with Crippen LogP contribution in [0, 0.1) is 20.2 Å². The molecule has 0 saturated carbocycles. The van der Waals surface area contributed by atoms with E-state index < -0.39 is 52.2 Å². The molecule has 0 aliphatic carbocycles. The molecule has 0 aliphatic rings. The first-order chi connectivity index (χ1) is 10.7. The van der Waals surface area contributed by atoms with Gasteiger partial charge in [0.1, 0.15) is 12.6 Å². The lowest BCUT2D eigenvalue weighted by Gasteiger charge is -2.10. The van der Waals surface area contributed by atoms with Gasteiger partial charge in [-0.25, -0.2) is 0 Å². The van der Waals surface area contributed by atoms with E-state index in [0.29, 0.717) is 0 Å². The van der Waals surface area contributed by atoms with Gasteiger partial charge in [0.05, 0.1) is 29.4 Å². The second-order valence-corrected chi connectivity index (χ2v) is 4.37. The molecule has 0 saturated heterocycles. The van der Waals surface area contributed by atoms with Gasteiger partial charge in [-0.2, -0.15) is 0 Å². The largest absolute Gasteiger partial charge is 0.469 e. The highest BCUT2D eigenvalue weighted by atomic mass is 16.6. The van der Waals surface area contributed by atoms with Crippen LogP contribution in [0.3, 0.4) is 0 Å². The number of hydrogen-bond acceptors (Lipinski definition) is 9. The lowest BCUT2D eigenvalue weighted by atomic mass is 10.2. The van der Waals surface area contributed by atoms with E-state index in [1.165, 1.54) is 0 Å². The molecule has 11 heteroatoms. The molecule has 0 aliphatic heterocycles. The number of non-ortho nitro benzene ring substituents is 2. The van der Waals surface area contributed by atoms with Crippen LogP contribution in [0.15, 0.2) is 18.2 Å². The van der Waals surface area contributed by atoms with Gasteiger partial charge >= 0.3 is 11.9 Å². The van der Waals surface area contributed by atoms with Crippen LogP contribution in [0.25, 0.3) is 0 Å². The molecule has 0 fully saturated rings. The van der Waals surface area contributed by atoms with E-state index in [9.17, 15) is 29.8 Å². The van der Waals surface area contributed by atoms with Gasteiger partial charge in [0, 0.05) is 17.7 Å². The van der Waals surface area contributed by atoms with E-state index in [1.807, 2.05) is 0 Å². The highest BCUT2D eigenvalue weighted by Crippen LogP contribution is 2.23. The summed E-state index contributed by atoms with van der Waals surface area (Å²) < 4.78 is 9.13. The molecule has 1 aromatic carbocycles. The number of ether oxygens (including phenoxy) is 2. The van der Waals surface area contributed by atoms with Crippen molar-refractivity contribution < 1.29 is 28.9 Å². The molecule has 1 rings (SSSR count). The van der Waals surface area contributed by atoms with Crippen LogP contribution in [-0.4, -0.2) is 34.9 Å². The van der Waals surface area contributed by atoms with Crippen molar-refractivity contribution in [3.63, 3.8) is 0 Å². The maximum Gasteiger partial charge on any atom is 0.323 e. The van der Waals surface area contributed by atoms with Crippen LogP contribution in [0.4, 0.5) is 11.4 Å².